The summed E-state index contributed by atoms with van der Waals surface area (Å²) in [6.45, 7) is 3.25. The van der Waals surface area contributed by atoms with E-state index in [-0.39, 0.29) is 17.7 Å². The summed E-state index contributed by atoms with van der Waals surface area (Å²) in [5.74, 6) is 0.226. The first-order valence-corrected chi connectivity index (χ1v) is 8.40. The lowest BCUT2D eigenvalue weighted by atomic mass is 9.95. The Morgan fingerprint density at radius 1 is 1.17 bits per heavy atom. The minimum Gasteiger partial charge on any atom is -0.459 e. The fraction of sp³-hybridized carbons (Fsp3) is 0.368. The Morgan fingerprint density at radius 2 is 1.88 bits per heavy atom. The topological polar surface area (TPSA) is 62.6 Å². The second-order valence-electron chi connectivity index (χ2n) is 6.08. The molecule has 1 aromatic heterocycles. The van der Waals surface area contributed by atoms with Crippen molar-refractivity contribution in [2.75, 3.05) is 18.4 Å². The predicted molar refractivity (Wildman–Crippen MR) is 91.8 cm³/mol. The first-order chi connectivity index (χ1) is 11.7. The van der Waals surface area contributed by atoms with Crippen molar-refractivity contribution in [3.05, 3.63) is 54.0 Å². The molecule has 126 valence electrons. The minimum absolute atomic E-state index is 0.0318. The summed E-state index contributed by atoms with van der Waals surface area (Å²) in [4.78, 5) is 26.4. The van der Waals surface area contributed by atoms with E-state index >= 15 is 0 Å². The summed E-state index contributed by atoms with van der Waals surface area (Å²) >= 11 is 0. The number of amides is 2. The number of anilines is 1. The lowest BCUT2D eigenvalue weighted by Gasteiger charge is -2.30. The molecule has 0 aliphatic carbocycles. The molecule has 1 N–H and O–H groups in total. The van der Waals surface area contributed by atoms with E-state index in [9.17, 15) is 9.59 Å². The molecule has 0 atom stereocenters. The minimum atomic E-state index is -0.103. The van der Waals surface area contributed by atoms with Crippen LogP contribution in [0, 0.1) is 5.92 Å². The zero-order chi connectivity index (χ0) is 16.9. The van der Waals surface area contributed by atoms with Gasteiger partial charge in [-0.05, 0) is 49.1 Å². The molecule has 5 nitrogen and oxygen atoms in total. The Labute approximate surface area is 141 Å². The predicted octanol–water partition coefficient (Wildman–Crippen LogP) is 3.33. The summed E-state index contributed by atoms with van der Waals surface area (Å²) in [6, 6.07) is 11.3. The SMILES string of the molecule is CCc1ccc(NC(=O)C2CCN(C(=O)c3ccco3)CC2)cc1. The number of hydrogen-bond acceptors (Lipinski definition) is 3. The number of nitrogens with zero attached hydrogens (tertiary/aromatic N) is 1. The second kappa shape index (κ2) is 7.34. The molecule has 0 saturated carbocycles. The number of likely N-dealkylation sites (tertiary alicyclic amines) is 1. The summed E-state index contributed by atoms with van der Waals surface area (Å²) in [7, 11) is 0. The summed E-state index contributed by atoms with van der Waals surface area (Å²) in [5.41, 5.74) is 2.07. The normalized spacial score (nSPS) is 15.3. The molecule has 24 heavy (non-hydrogen) atoms. The van der Waals surface area contributed by atoms with Crippen molar-refractivity contribution in [1.29, 1.82) is 0 Å². The van der Waals surface area contributed by atoms with Crippen LogP contribution in [0.5, 0.6) is 0 Å². The Hall–Kier alpha value is -2.56. The van der Waals surface area contributed by atoms with Gasteiger partial charge in [-0.25, -0.2) is 0 Å². The van der Waals surface area contributed by atoms with Crippen molar-refractivity contribution in [3.63, 3.8) is 0 Å². The van der Waals surface area contributed by atoms with Gasteiger partial charge in [-0.15, -0.1) is 0 Å². The Bertz CT molecular complexity index is 684. The third kappa shape index (κ3) is 3.67. The fourth-order valence-electron chi connectivity index (χ4n) is 2.97. The molecular weight excluding hydrogens is 304 g/mol. The Balaban J connectivity index is 1.52. The number of piperidine rings is 1. The fourth-order valence-corrected chi connectivity index (χ4v) is 2.97. The highest BCUT2D eigenvalue weighted by Crippen LogP contribution is 2.21. The van der Waals surface area contributed by atoms with Crippen molar-refractivity contribution >= 4 is 17.5 Å². The molecule has 1 saturated heterocycles. The average molecular weight is 326 g/mol. The van der Waals surface area contributed by atoms with E-state index in [4.69, 9.17) is 4.42 Å². The molecule has 0 unspecified atom stereocenters. The molecule has 0 bridgehead atoms. The van der Waals surface area contributed by atoms with Crippen LogP contribution in [0.1, 0.15) is 35.9 Å². The number of hydrogen-bond donors (Lipinski definition) is 1. The molecule has 2 aromatic rings. The van der Waals surface area contributed by atoms with Crippen LogP contribution >= 0.6 is 0 Å². The Morgan fingerprint density at radius 3 is 2.46 bits per heavy atom. The maximum absolute atomic E-state index is 12.4. The van der Waals surface area contributed by atoms with Crippen LogP contribution in [-0.2, 0) is 11.2 Å². The van der Waals surface area contributed by atoms with Gasteiger partial charge in [0.25, 0.3) is 5.91 Å². The molecule has 1 aromatic carbocycles. The molecule has 1 aliphatic rings. The smallest absolute Gasteiger partial charge is 0.289 e. The average Bonchev–Trinajstić information content (AvgIpc) is 3.16. The number of carbonyl (C=O) groups excluding carboxylic acids is 2. The lowest BCUT2D eigenvalue weighted by Crippen LogP contribution is -2.41. The van der Waals surface area contributed by atoms with Crippen molar-refractivity contribution in [3.8, 4) is 0 Å². The monoisotopic (exact) mass is 326 g/mol. The molecule has 1 aliphatic heterocycles. The van der Waals surface area contributed by atoms with Crippen molar-refractivity contribution < 1.29 is 14.0 Å². The largest absolute Gasteiger partial charge is 0.459 e. The van der Waals surface area contributed by atoms with E-state index in [0.717, 1.165) is 12.1 Å². The van der Waals surface area contributed by atoms with Crippen LogP contribution in [0.2, 0.25) is 0 Å². The standard InChI is InChI=1S/C19H22N2O3/c1-2-14-5-7-16(8-6-14)20-18(22)15-9-11-21(12-10-15)19(23)17-4-3-13-24-17/h3-8,13,15H,2,9-12H2,1H3,(H,20,22). The highest BCUT2D eigenvalue weighted by atomic mass is 16.3. The molecule has 3 rings (SSSR count). The second-order valence-corrected chi connectivity index (χ2v) is 6.08. The Kier molecular flexibility index (Phi) is 4.99. The van der Waals surface area contributed by atoms with Gasteiger partial charge < -0.3 is 14.6 Å². The van der Waals surface area contributed by atoms with E-state index in [1.807, 2.05) is 24.3 Å². The number of rotatable bonds is 4. The molecule has 2 heterocycles. The quantitative estimate of drug-likeness (QED) is 0.937. The number of furan rings is 1. The van der Waals surface area contributed by atoms with Gasteiger partial charge in [0.1, 0.15) is 0 Å². The molecule has 1 fully saturated rings. The van der Waals surface area contributed by atoms with E-state index in [0.29, 0.717) is 31.7 Å². The summed E-state index contributed by atoms with van der Waals surface area (Å²) < 4.78 is 5.15. The number of nitrogens with one attached hydrogen (secondary N) is 1. The van der Waals surface area contributed by atoms with Crippen LogP contribution in [-0.4, -0.2) is 29.8 Å². The van der Waals surface area contributed by atoms with Gasteiger partial charge >= 0.3 is 0 Å². The van der Waals surface area contributed by atoms with Crippen LogP contribution in [0.4, 0.5) is 5.69 Å². The summed E-state index contributed by atoms with van der Waals surface area (Å²) in [6.07, 6.45) is 3.82. The maximum Gasteiger partial charge on any atom is 0.289 e. The molecular formula is C19H22N2O3. The summed E-state index contributed by atoms with van der Waals surface area (Å²) in [5, 5.41) is 2.97. The van der Waals surface area contributed by atoms with Gasteiger partial charge in [-0.2, -0.15) is 0 Å². The first-order valence-electron chi connectivity index (χ1n) is 8.40. The number of aryl methyl sites for hydroxylation is 1. The van der Waals surface area contributed by atoms with Crippen molar-refractivity contribution in [2.24, 2.45) is 5.92 Å². The van der Waals surface area contributed by atoms with E-state index in [1.54, 1.807) is 17.0 Å². The maximum atomic E-state index is 12.4. The van der Waals surface area contributed by atoms with Gasteiger partial charge in [-0.1, -0.05) is 19.1 Å². The van der Waals surface area contributed by atoms with Crippen LogP contribution in [0.25, 0.3) is 0 Å². The number of carbonyl (C=O) groups is 2. The van der Waals surface area contributed by atoms with Gasteiger partial charge in [0.05, 0.1) is 6.26 Å². The van der Waals surface area contributed by atoms with Gasteiger partial charge in [0.15, 0.2) is 5.76 Å². The van der Waals surface area contributed by atoms with Gasteiger partial charge in [-0.3, -0.25) is 9.59 Å². The third-order valence-electron chi connectivity index (χ3n) is 4.51. The van der Waals surface area contributed by atoms with Crippen molar-refractivity contribution in [2.45, 2.75) is 26.2 Å². The highest BCUT2D eigenvalue weighted by molar-refractivity contribution is 5.94. The van der Waals surface area contributed by atoms with Crippen LogP contribution in [0.3, 0.4) is 0 Å². The first kappa shape index (κ1) is 16.3. The third-order valence-corrected chi connectivity index (χ3v) is 4.51. The number of benzene rings is 1. The highest BCUT2D eigenvalue weighted by Gasteiger charge is 2.28. The zero-order valence-corrected chi connectivity index (χ0v) is 13.8. The van der Waals surface area contributed by atoms with Gasteiger partial charge in [0, 0.05) is 24.7 Å². The lowest BCUT2D eigenvalue weighted by molar-refractivity contribution is -0.121. The van der Waals surface area contributed by atoms with E-state index in [2.05, 4.69) is 12.2 Å². The van der Waals surface area contributed by atoms with Crippen molar-refractivity contribution in [1.82, 2.24) is 4.90 Å². The van der Waals surface area contributed by atoms with Crippen LogP contribution < -0.4 is 5.32 Å². The molecule has 2 amide bonds. The van der Waals surface area contributed by atoms with E-state index < -0.39 is 0 Å². The van der Waals surface area contributed by atoms with Gasteiger partial charge in [0.2, 0.25) is 5.91 Å². The molecule has 0 spiro atoms. The van der Waals surface area contributed by atoms with Crippen LogP contribution in [0.15, 0.2) is 47.1 Å². The molecule has 0 radical (unpaired) electrons. The van der Waals surface area contributed by atoms with E-state index in [1.165, 1.54) is 11.8 Å². The zero-order valence-electron chi connectivity index (χ0n) is 13.8. The molecule has 5 heteroatoms.